The van der Waals surface area contributed by atoms with Crippen LogP contribution in [-0.2, 0) is 0 Å². The first-order valence-corrected chi connectivity index (χ1v) is 9.28. The Balaban J connectivity index is 4.85. The molecule has 1 N–H and O–H groups in total. The molecule has 0 aromatic carbocycles. The smallest absolute Gasteiger partial charge is 0.0632 e. The van der Waals surface area contributed by atoms with Crippen molar-refractivity contribution < 1.29 is 5.21 Å². The van der Waals surface area contributed by atoms with E-state index >= 15 is 0 Å². The van der Waals surface area contributed by atoms with Crippen LogP contribution >= 0.6 is 0 Å². The molecule has 2 heteroatoms. The average molecular weight is 298 g/mol. The molecule has 0 radical (unpaired) electrons. The van der Waals surface area contributed by atoms with Gasteiger partial charge < -0.3 is 5.21 Å². The molecule has 2 nitrogen and oxygen atoms in total. The zero-order valence-corrected chi connectivity index (χ0v) is 15.4. The fourth-order valence-corrected chi connectivity index (χ4v) is 3.63. The minimum atomic E-state index is 0.400. The van der Waals surface area contributed by atoms with Crippen LogP contribution < -0.4 is 0 Å². The van der Waals surface area contributed by atoms with Crippen molar-refractivity contribution in [3.8, 4) is 0 Å². The van der Waals surface area contributed by atoms with E-state index in [9.17, 15) is 5.21 Å². The van der Waals surface area contributed by atoms with Gasteiger partial charge in [-0.25, -0.2) is 0 Å². The van der Waals surface area contributed by atoms with Crippen molar-refractivity contribution in [3.63, 3.8) is 0 Å². The molecule has 0 bridgehead atoms. The second-order valence-electron chi connectivity index (χ2n) is 6.72. The fourth-order valence-electron chi connectivity index (χ4n) is 3.63. The van der Waals surface area contributed by atoms with Gasteiger partial charge in [-0.3, -0.25) is 0 Å². The predicted octanol–water partition coefficient (Wildman–Crippen LogP) is 6.52. The molecular weight excluding hydrogens is 258 g/mol. The number of nitrogens with zero attached hydrogens (tertiary/aromatic N) is 1. The van der Waals surface area contributed by atoms with Crippen molar-refractivity contribution in [2.24, 2.45) is 28.8 Å². The summed E-state index contributed by atoms with van der Waals surface area (Å²) in [7, 11) is 0. The van der Waals surface area contributed by atoms with Gasteiger partial charge in [0.05, 0.1) is 5.71 Å². The van der Waals surface area contributed by atoms with Crippen molar-refractivity contribution in [1.29, 1.82) is 0 Å². The van der Waals surface area contributed by atoms with Crippen LogP contribution in [0.25, 0.3) is 0 Å². The molecular formula is C19H39NO. The first-order chi connectivity index (χ1) is 10.1. The molecule has 0 saturated heterocycles. The van der Waals surface area contributed by atoms with Crippen LogP contribution in [0, 0.1) is 23.7 Å². The molecule has 4 unspecified atom stereocenters. The summed E-state index contributed by atoms with van der Waals surface area (Å²) in [4.78, 5) is 0. The molecule has 21 heavy (non-hydrogen) atoms. The predicted molar refractivity (Wildman–Crippen MR) is 94.2 cm³/mol. The van der Waals surface area contributed by atoms with E-state index in [0.29, 0.717) is 23.7 Å². The Morgan fingerprint density at radius 1 is 0.810 bits per heavy atom. The van der Waals surface area contributed by atoms with Crippen LogP contribution in [0.4, 0.5) is 0 Å². The van der Waals surface area contributed by atoms with E-state index < -0.39 is 0 Å². The van der Waals surface area contributed by atoms with Crippen molar-refractivity contribution in [3.05, 3.63) is 0 Å². The number of oxime groups is 1. The fraction of sp³-hybridized carbons (Fsp3) is 0.947. The van der Waals surface area contributed by atoms with E-state index in [1.165, 1.54) is 51.4 Å². The van der Waals surface area contributed by atoms with Crippen LogP contribution in [0.3, 0.4) is 0 Å². The van der Waals surface area contributed by atoms with Gasteiger partial charge in [0.15, 0.2) is 0 Å². The summed E-state index contributed by atoms with van der Waals surface area (Å²) in [5.74, 6) is 2.11. The Bertz CT molecular complexity index is 251. The summed E-state index contributed by atoms with van der Waals surface area (Å²) in [6.07, 6.45) is 9.93. The Kier molecular flexibility index (Phi) is 11.8. The molecule has 0 aromatic heterocycles. The average Bonchev–Trinajstić information content (AvgIpc) is 2.49. The molecule has 0 heterocycles. The summed E-state index contributed by atoms with van der Waals surface area (Å²) in [6, 6.07) is 0. The van der Waals surface area contributed by atoms with Crippen LogP contribution in [0.2, 0.25) is 0 Å². The molecule has 0 aromatic rings. The minimum Gasteiger partial charge on any atom is -0.411 e. The second-order valence-corrected chi connectivity index (χ2v) is 6.72. The molecule has 0 saturated carbocycles. The van der Waals surface area contributed by atoms with Gasteiger partial charge in [-0.1, -0.05) is 85.2 Å². The van der Waals surface area contributed by atoms with E-state index in [0.717, 1.165) is 5.71 Å². The molecule has 4 atom stereocenters. The summed E-state index contributed by atoms with van der Waals surface area (Å²) >= 11 is 0. The van der Waals surface area contributed by atoms with Gasteiger partial charge in [0.25, 0.3) is 0 Å². The molecule has 0 aliphatic rings. The van der Waals surface area contributed by atoms with E-state index in [1.54, 1.807) is 0 Å². The lowest BCUT2D eigenvalue weighted by Gasteiger charge is -2.30. The van der Waals surface area contributed by atoms with Crippen molar-refractivity contribution in [1.82, 2.24) is 0 Å². The van der Waals surface area contributed by atoms with Gasteiger partial charge in [-0.2, -0.15) is 0 Å². The van der Waals surface area contributed by atoms with Gasteiger partial charge in [-0.15, -0.1) is 0 Å². The highest BCUT2D eigenvalue weighted by molar-refractivity contribution is 5.88. The Labute approximate surface area is 133 Å². The summed E-state index contributed by atoms with van der Waals surface area (Å²) in [6.45, 7) is 13.6. The number of hydrogen-bond acceptors (Lipinski definition) is 2. The summed E-state index contributed by atoms with van der Waals surface area (Å²) in [5, 5.41) is 13.4. The van der Waals surface area contributed by atoms with Crippen molar-refractivity contribution in [2.75, 3.05) is 0 Å². The lowest BCUT2D eigenvalue weighted by atomic mass is 9.75. The topological polar surface area (TPSA) is 32.6 Å². The van der Waals surface area contributed by atoms with Gasteiger partial charge in [0.2, 0.25) is 0 Å². The van der Waals surface area contributed by atoms with Crippen molar-refractivity contribution >= 4 is 5.71 Å². The zero-order valence-electron chi connectivity index (χ0n) is 15.4. The molecule has 0 aliphatic carbocycles. The largest absolute Gasteiger partial charge is 0.411 e. The highest BCUT2D eigenvalue weighted by atomic mass is 16.4. The summed E-state index contributed by atoms with van der Waals surface area (Å²) < 4.78 is 0. The highest BCUT2D eigenvalue weighted by Crippen LogP contribution is 2.31. The third-order valence-corrected chi connectivity index (χ3v) is 5.37. The standard InChI is InChI=1S/C19H39NO/c1-7-11-13-17(9-3)15(5)19(20-21)16(6)18(10-4)14-12-8-2/h15-18,21H,7-14H2,1-6H3. The number of hydrogen-bond donors (Lipinski definition) is 1. The van der Waals surface area contributed by atoms with Gasteiger partial charge in [-0.05, 0) is 24.7 Å². The van der Waals surface area contributed by atoms with Gasteiger partial charge in [0.1, 0.15) is 0 Å². The maximum absolute atomic E-state index is 9.59. The molecule has 0 amide bonds. The molecule has 0 spiro atoms. The van der Waals surface area contributed by atoms with Crippen molar-refractivity contribution in [2.45, 2.75) is 92.9 Å². The molecule has 0 aliphatic heterocycles. The number of rotatable bonds is 12. The van der Waals surface area contributed by atoms with E-state index in [-0.39, 0.29) is 0 Å². The summed E-state index contributed by atoms with van der Waals surface area (Å²) in [5.41, 5.74) is 1.04. The Morgan fingerprint density at radius 3 is 1.43 bits per heavy atom. The Morgan fingerprint density at radius 2 is 1.19 bits per heavy atom. The van der Waals surface area contributed by atoms with Crippen LogP contribution in [-0.4, -0.2) is 10.9 Å². The molecule has 126 valence electrons. The maximum atomic E-state index is 9.59. The lowest BCUT2D eigenvalue weighted by Crippen LogP contribution is -2.30. The number of unbranched alkanes of at least 4 members (excludes halogenated alkanes) is 2. The van der Waals surface area contributed by atoms with Gasteiger partial charge >= 0.3 is 0 Å². The molecule has 0 fully saturated rings. The monoisotopic (exact) mass is 297 g/mol. The SMILES string of the molecule is CCCCC(CC)C(C)C(=NO)C(C)C(CC)CCCC. The maximum Gasteiger partial charge on any atom is 0.0632 e. The van der Waals surface area contributed by atoms with Crippen LogP contribution in [0.1, 0.15) is 92.9 Å². The Hall–Kier alpha value is -0.530. The zero-order chi connectivity index (χ0) is 16.3. The van der Waals surface area contributed by atoms with E-state index in [1.807, 2.05) is 0 Å². The highest BCUT2D eigenvalue weighted by Gasteiger charge is 2.28. The van der Waals surface area contributed by atoms with Crippen LogP contribution in [0.15, 0.2) is 5.16 Å². The first-order valence-electron chi connectivity index (χ1n) is 9.28. The molecule has 0 rings (SSSR count). The minimum absolute atomic E-state index is 0.400. The van der Waals surface area contributed by atoms with E-state index in [2.05, 4.69) is 46.7 Å². The van der Waals surface area contributed by atoms with Crippen LogP contribution in [0.5, 0.6) is 0 Å². The normalized spacial score (nSPS) is 17.0. The van der Waals surface area contributed by atoms with Gasteiger partial charge in [0, 0.05) is 11.8 Å². The van der Waals surface area contributed by atoms with E-state index in [4.69, 9.17) is 0 Å². The second kappa shape index (κ2) is 12.1. The lowest BCUT2D eigenvalue weighted by molar-refractivity contribution is 0.284. The quantitative estimate of drug-likeness (QED) is 0.248. The third-order valence-electron chi connectivity index (χ3n) is 5.37. The first kappa shape index (κ1) is 20.5. The third kappa shape index (κ3) is 6.84.